The molecule has 0 radical (unpaired) electrons. The molecule has 0 saturated carbocycles. The molecule has 1 aliphatic rings. The van der Waals surface area contributed by atoms with Crippen LogP contribution in [0.3, 0.4) is 0 Å². The summed E-state index contributed by atoms with van der Waals surface area (Å²) in [5.74, 6) is 1.82. The van der Waals surface area contributed by atoms with Crippen LogP contribution in [0.4, 0.5) is 0 Å². The molecule has 26 heavy (non-hydrogen) atoms. The summed E-state index contributed by atoms with van der Waals surface area (Å²) in [6, 6.07) is 7.01. The zero-order valence-corrected chi connectivity index (χ0v) is 15.8. The van der Waals surface area contributed by atoms with Crippen LogP contribution in [0.25, 0.3) is 4.96 Å². The van der Waals surface area contributed by atoms with Crippen LogP contribution < -0.4 is 4.74 Å². The van der Waals surface area contributed by atoms with Crippen LogP contribution in [0.5, 0.6) is 5.75 Å². The third-order valence-corrected chi connectivity index (χ3v) is 5.85. The Morgan fingerprint density at radius 1 is 1.27 bits per heavy atom. The van der Waals surface area contributed by atoms with Crippen LogP contribution in [0.2, 0.25) is 5.02 Å². The second-order valence-electron chi connectivity index (χ2n) is 6.28. The second kappa shape index (κ2) is 7.20. The van der Waals surface area contributed by atoms with E-state index in [-0.39, 0.29) is 12.5 Å². The zero-order valence-electron chi connectivity index (χ0n) is 14.3. The van der Waals surface area contributed by atoms with Gasteiger partial charge in [-0.05, 0) is 44.0 Å². The number of aromatic nitrogens is 4. The van der Waals surface area contributed by atoms with Crippen molar-refractivity contribution in [2.45, 2.75) is 25.7 Å². The van der Waals surface area contributed by atoms with Gasteiger partial charge in [0, 0.05) is 24.0 Å². The monoisotopic (exact) mass is 391 g/mol. The highest BCUT2D eigenvalue weighted by atomic mass is 35.5. The van der Waals surface area contributed by atoms with Gasteiger partial charge in [0.2, 0.25) is 4.96 Å². The third kappa shape index (κ3) is 3.52. The molecule has 7 nitrogen and oxygen atoms in total. The van der Waals surface area contributed by atoms with E-state index in [2.05, 4.69) is 15.3 Å². The van der Waals surface area contributed by atoms with Crippen molar-refractivity contribution >= 4 is 33.8 Å². The molecule has 0 N–H and O–H groups in total. The molecular weight excluding hydrogens is 374 g/mol. The van der Waals surface area contributed by atoms with E-state index >= 15 is 0 Å². The third-order valence-electron chi connectivity index (χ3n) is 4.54. The lowest BCUT2D eigenvalue weighted by molar-refractivity contribution is -0.134. The maximum atomic E-state index is 12.4. The number of rotatable bonds is 4. The standard InChI is InChI=1S/C17H18ClN5O2S/c1-11-19-20-17-23(11)21-16(26-17)12-6-8-22(9-7-12)15(24)10-25-14-4-2-13(18)3-5-14/h2-5,12H,6-10H2,1H3. The molecule has 1 aromatic carbocycles. The molecule has 1 aliphatic heterocycles. The van der Waals surface area contributed by atoms with E-state index in [9.17, 15) is 4.79 Å². The van der Waals surface area contributed by atoms with Crippen molar-refractivity contribution < 1.29 is 9.53 Å². The number of hydrogen-bond donors (Lipinski definition) is 0. The van der Waals surface area contributed by atoms with Gasteiger partial charge in [-0.1, -0.05) is 22.9 Å². The molecular formula is C17H18ClN5O2S. The number of carbonyl (C=O) groups is 1. The quantitative estimate of drug-likeness (QED) is 0.683. The second-order valence-corrected chi connectivity index (χ2v) is 7.70. The van der Waals surface area contributed by atoms with Crippen LogP contribution in [0, 0.1) is 6.92 Å². The van der Waals surface area contributed by atoms with Gasteiger partial charge in [-0.25, -0.2) is 0 Å². The molecule has 4 rings (SSSR count). The molecule has 9 heteroatoms. The summed E-state index contributed by atoms with van der Waals surface area (Å²) in [5, 5.41) is 14.5. The molecule has 0 atom stereocenters. The fourth-order valence-electron chi connectivity index (χ4n) is 3.04. The number of benzene rings is 1. The van der Waals surface area contributed by atoms with Gasteiger partial charge in [0.25, 0.3) is 5.91 Å². The van der Waals surface area contributed by atoms with Crippen LogP contribution in [0.15, 0.2) is 24.3 Å². The average molecular weight is 392 g/mol. The maximum Gasteiger partial charge on any atom is 0.260 e. The van der Waals surface area contributed by atoms with Gasteiger partial charge in [-0.2, -0.15) is 9.61 Å². The smallest absolute Gasteiger partial charge is 0.260 e. The zero-order chi connectivity index (χ0) is 18.1. The Hall–Kier alpha value is -2.19. The predicted molar refractivity (Wildman–Crippen MR) is 98.9 cm³/mol. The topological polar surface area (TPSA) is 72.6 Å². The summed E-state index contributed by atoms with van der Waals surface area (Å²) < 4.78 is 7.34. The Labute approximate surface area is 159 Å². The number of nitrogens with zero attached hydrogens (tertiary/aromatic N) is 5. The number of likely N-dealkylation sites (tertiary alicyclic amines) is 1. The molecule has 136 valence electrons. The SMILES string of the molecule is Cc1nnc2sc(C3CCN(C(=O)COc4ccc(Cl)cc4)CC3)nn12. The number of hydrogen-bond acceptors (Lipinski definition) is 6. The van der Waals surface area contributed by atoms with Gasteiger partial charge in [-0.15, -0.1) is 10.2 Å². The minimum Gasteiger partial charge on any atom is -0.484 e. The fraction of sp³-hybridized carbons (Fsp3) is 0.412. The van der Waals surface area contributed by atoms with Crippen LogP contribution in [-0.2, 0) is 4.79 Å². The van der Waals surface area contributed by atoms with Crippen LogP contribution in [-0.4, -0.2) is 50.3 Å². The summed E-state index contributed by atoms with van der Waals surface area (Å²) in [4.78, 5) is 15.1. The number of fused-ring (bicyclic) bond motifs is 1. The molecule has 2 aromatic heterocycles. The molecule has 1 amide bonds. The summed E-state index contributed by atoms with van der Waals surface area (Å²) in [7, 11) is 0. The van der Waals surface area contributed by atoms with E-state index in [4.69, 9.17) is 16.3 Å². The summed E-state index contributed by atoms with van der Waals surface area (Å²) in [6.07, 6.45) is 1.80. The number of carbonyl (C=O) groups excluding carboxylic acids is 1. The minimum absolute atomic E-state index is 0.00684. The Morgan fingerprint density at radius 3 is 2.69 bits per heavy atom. The summed E-state index contributed by atoms with van der Waals surface area (Å²) >= 11 is 7.43. The Bertz CT molecular complexity index is 915. The first kappa shape index (κ1) is 17.2. The van der Waals surface area contributed by atoms with Crippen molar-refractivity contribution in [2.75, 3.05) is 19.7 Å². The summed E-state index contributed by atoms with van der Waals surface area (Å²) in [6.45, 7) is 3.37. The van der Waals surface area contributed by atoms with E-state index in [1.54, 1.807) is 40.1 Å². The molecule has 3 heterocycles. The number of amides is 1. The highest BCUT2D eigenvalue weighted by Gasteiger charge is 2.26. The highest BCUT2D eigenvalue weighted by molar-refractivity contribution is 7.16. The van der Waals surface area contributed by atoms with Gasteiger partial charge < -0.3 is 9.64 Å². The number of piperidine rings is 1. The van der Waals surface area contributed by atoms with E-state index in [1.807, 2.05) is 11.8 Å². The van der Waals surface area contributed by atoms with Crippen LogP contribution in [0.1, 0.15) is 29.6 Å². The van der Waals surface area contributed by atoms with Gasteiger partial charge in [0.15, 0.2) is 12.4 Å². The fourth-order valence-corrected chi connectivity index (χ4v) is 4.22. The van der Waals surface area contributed by atoms with Crippen LogP contribution >= 0.6 is 22.9 Å². The molecule has 0 unspecified atom stereocenters. The van der Waals surface area contributed by atoms with Gasteiger partial charge in [-0.3, -0.25) is 4.79 Å². The lowest BCUT2D eigenvalue weighted by atomic mass is 9.97. The molecule has 1 fully saturated rings. The van der Waals surface area contributed by atoms with Crippen molar-refractivity contribution in [3.8, 4) is 5.75 Å². The van der Waals surface area contributed by atoms with E-state index in [1.165, 1.54) is 0 Å². The molecule has 0 spiro atoms. The van der Waals surface area contributed by atoms with Crippen molar-refractivity contribution in [2.24, 2.45) is 0 Å². The Morgan fingerprint density at radius 2 is 2.00 bits per heavy atom. The lowest BCUT2D eigenvalue weighted by Gasteiger charge is -2.30. The van der Waals surface area contributed by atoms with Crippen molar-refractivity contribution in [1.29, 1.82) is 0 Å². The molecule has 3 aromatic rings. The van der Waals surface area contributed by atoms with E-state index < -0.39 is 0 Å². The lowest BCUT2D eigenvalue weighted by Crippen LogP contribution is -2.40. The predicted octanol–water partition coefficient (Wildman–Crippen LogP) is 2.93. The molecule has 1 saturated heterocycles. The first-order valence-corrected chi connectivity index (χ1v) is 9.64. The van der Waals surface area contributed by atoms with Gasteiger partial charge in [0.05, 0.1) is 0 Å². The normalized spacial score (nSPS) is 15.5. The summed E-state index contributed by atoms with van der Waals surface area (Å²) in [5.41, 5.74) is 0. The maximum absolute atomic E-state index is 12.4. The number of halogens is 1. The molecule has 0 aliphatic carbocycles. The van der Waals surface area contributed by atoms with E-state index in [0.717, 1.165) is 28.6 Å². The van der Waals surface area contributed by atoms with E-state index in [0.29, 0.717) is 29.8 Å². The average Bonchev–Trinajstić information content (AvgIpc) is 3.23. The Kier molecular flexibility index (Phi) is 4.78. The van der Waals surface area contributed by atoms with Gasteiger partial charge in [0.1, 0.15) is 10.8 Å². The number of aryl methyl sites for hydroxylation is 1. The van der Waals surface area contributed by atoms with Gasteiger partial charge >= 0.3 is 0 Å². The van der Waals surface area contributed by atoms with Crippen molar-refractivity contribution in [1.82, 2.24) is 24.7 Å². The molecule has 0 bridgehead atoms. The Balaban J connectivity index is 1.31. The largest absolute Gasteiger partial charge is 0.484 e. The highest BCUT2D eigenvalue weighted by Crippen LogP contribution is 2.31. The minimum atomic E-state index is 0.00684. The first-order chi connectivity index (χ1) is 12.6. The number of ether oxygens (including phenoxy) is 1. The van der Waals surface area contributed by atoms with Crippen molar-refractivity contribution in [3.05, 3.63) is 40.1 Å². The first-order valence-electron chi connectivity index (χ1n) is 8.45. The van der Waals surface area contributed by atoms with Crippen molar-refractivity contribution in [3.63, 3.8) is 0 Å².